The summed E-state index contributed by atoms with van der Waals surface area (Å²) < 4.78 is 0. The molecule has 0 radical (unpaired) electrons. The Bertz CT molecular complexity index is 232. The van der Waals surface area contributed by atoms with E-state index >= 15 is 0 Å². The summed E-state index contributed by atoms with van der Waals surface area (Å²) in [5.74, 6) is 1.08. The summed E-state index contributed by atoms with van der Waals surface area (Å²) in [6, 6.07) is 0.450. The van der Waals surface area contributed by atoms with E-state index in [4.69, 9.17) is 0 Å². The molecule has 1 N–H and O–H groups in total. The van der Waals surface area contributed by atoms with Gasteiger partial charge < -0.3 is 10.2 Å². The zero-order valence-electron chi connectivity index (χ0n) is 10.4. The Balaban J connectivity index is 1.83. The fraction of sp³-hybridized carbons (Fsp3) is 0.923. The van der Waals surface area contributed by atoms with E-state index in [2.05, 4.69) is 17.1 Å². The highest BCUT2D eigenvalue weighted by molar-refractivity contribution is 5.76. The summed E-state index contributed by atoms with van der Waals surface area (Å²) in [6.45, 7) is 5.08. The third-order valence-electron chi connectivity index (χ3n) is 4.06. The molecule has 2 rings (SSSR count). The Morgan fingerprint density at radius 1 is 1.31 bits per heavy atom. The molecule has 1 saturated carbocycles. The standard InChI is InChI=1S/C13H24N2O/c1-2-15(12-7-4-8-14-10-12)13(16)9-11-5-3-6-11/h11-12,14H,2-10H2,1H3. The molecule has 0 aromatic heterocycles. The summed E-state index contributed by atoms with van der Waals surface area (Å²) >= 11 is 0. The molecule has 0 aromatic carbocycles. The zero-order valence-corrected chi connectivity index (χ0v) is 10.4. The van der Waals surface area contributed by atoms with E-state index in [-0.39, 0.29) is 0 Å². The minimum atomic E-state index is 0.390. The Labute approximate surface area is 98.6 Å². The third-order valence-corrected chi connectivity index (χ3v) is 4.06. The molecule has 2 fully saturated rings. The van der Waals surface area contributed by atoms with Crippen LogP contribution >= 0.6 is 0 Å². The van der Waals surface area contributed by atoms with Gasteiger partial charge >= 0.3 is 0 Å². The van der Waals surface area contributed by atoms with Crippen molar-refractivity contribution in [1.82, 2.24) is 10.2 Å². The lowest BCUT2D eigenvalue weighted by molar-refractivity contribution is -0.135. The molecule has 1 aliphatic carbocycles. The third kappa shape index (κ3) is 2.76. The number of nitrogens with one attached hydrogen (secondary N) is 1. The lowest BCUT2D eigenvalue weighted by atomic mass is 9.82. The van der Waals surface area contributed by atoms with Crippen LogP contribution in [-0.4, -0.2) is 36.5 Å². The first-order valence-corrected chi connectivity index (χ1v) is 6.81. The highest BCUT2D eigenvalue weighted by Crippen LogP contribution is 2.30. The number of amides is 1. The second-order valence-electron chi connectivity index (χ2n) is 5.18. The maximum absolute atomic E-state index is 12.2. The SMILES string of the molecule is CCN(C(=O)CC1CCC1)C1CCCNC1. The van der Waals surface area contributed by atoms with Crippen LogP contribution in [-0.2, 0) is 4.79 Å². The van der Waals surface area contributed by atoms with E-state index in [9.17, 15) is 4.79 Å². The first-order valence-electron chi connectivity index (χ1n) is 6.81. The van der Waals surface area contributed by atoms with Crippen molar-refractivity contribution in [3.63, 3.8) is 0 Å². The van der Waals surface area contributed by atoms with Gasteiger partial charge in [0.15, 0.2) is 0 Å². The number of carbonyl (C=O) groups is 1. The molecule has 0 spiro atoms. The summed E-state index contributed by atoms with van der Waals surface area (Å²) in [6.07, 6.45) is 7.05. The van der Waals surface area contributed by atoms with Crippen LogP contribution in [0.3, 0.4) is 0 Å². The number of likely N-dealkylation sites (N-methyl/N-ethyl adjacent to an activating group) is 1. The maximum atomic E-state index is 12.2. The number of nitrogens with zero attached hydrogens (tertiary/aromatic N) is 1. The fourth-order valence-corrected chi connectivity index (χ4v) is 2.80. The topological polar surface area (TPSA) is 32.3 Å². The van der Waals surface area contributed by atoms with Gasteiger partial charge in [-0.15, -0.1) is 0 Å². The first-order chi connectivity index (χ1) is 7.81. The molecule has 1 heterocycles. The molecular weight excluding hydrogens is 200 g/mol. The summed E-state index contributed by atoms with van der Waals surface area (Å²) in [4.78, 5) is 14.3. The van der Waals surface area contributed by atoms with Gasteiger partial charge in [-0.3, -0.25) is 4.79 Å². The molecule has 92 valence electrons. The van der Waals surface area contributed by atoms with E-state index < -0.39 is 0 Å². The van der Waals surface area contributed by atoms with Gasteiger partial charge in [-0.05, 0) is 45.1 Å². The van der Waals surface area contributed by atoms with Crippen molar-refractivity contribution in [2.75, 3.05) is 19.6 Å². The fourth-order valence-electron chi connectivity index (χ4n) is 2.80. The Morgan fingerprint density at radius 3 is 2.62 bits per heavy atom. The number of rotatable bonds is 4. The molecule has 16 heavy (non-hydrogen) atoms. The summed E-state index contributed by atoms with van der Waals surface area (Å²) in [5, 5.41) is 3.39. The van der Waals surface area contributed by atoms with Gasteiger partial charge in [0.1, 0.15) is 0 Å². The van der Waals surface area contributed by atoms with Crippen LogP contribution in [0.2, 0.25) is 0 Å². The van der Waals surface area contributed by atoms with E-state index in [1.165, 1.54) is 32.1 Å². The molecule has 1 atom stereocenters. The lowest BCUT2D eigenvalue weighted by Crippen LogP contribution is -2.49. The molecule has 1 amide bonds. The monoisotopic (exact) mass is 224 g/mol. The second kappa shape index (κ2) is 5.67. The van der Waals surface area contributed by atoms with Crippen molar-refractivity contribution in [1.29, 1.82) is 0 Å². The van der Waals surface area contributed by atoms with Crippen molar-refractivity contribution in [2.24, 2.45) is 5.92 Å². The summed E-state index contributed by atoms with van der Waals surface area (Å²) in [7, 11) is 0. The van der Waals surface area contributed by atoms with Crippen molar-refractivity contribution in [3.8, 4) is 0 Å². The van der Waals surface area contributed by atoms with E-state index in [0.717, 1.165) is 26.1 Å². The van der Waals surface area contributed by atoms with Gasteiger partial charge in [0, 0.05) is 25.6 Å². The van der Waals surface area contributed by atoms with Gasteiger partial charge in [-0.1, -0.05) is 6.42 Å². The molecule has 3 heteroatoms. The van der Waals surface area contributed by atoms with Gasteiger partial charge in [-0.25, -0.2) is 0 Å². The van der Waals surface area contributed by atoms with Crippen LogP contribution in [0.5, 0.6) is 0 Å². The number of piperidine rings is 1. The number of hydrogen-bond donors (Lipinski definition) is 1. The van der Waals surface area contributed by atoms with Crippen molar-refractivity contribution in [3.05, 3.63) is 0 Å². The first kappa shape index (κ1) is 11.9. The molecule has 1 unspecified atom stereocenters. The second-order valence-corrected chi connectivity index (χ2v) is 5.18. The minimum Gasteiger partial charge on any atom is -0.339 e. The molecule has 3 nitrogen and oxygen atoms in total. The van der Waals surface area contributed by atoms with Gasteiger partial charge in [-0.2, -0.15) is 0 Å². The summed E-state index contributed by atoms with van der Waals surface area (Å²) in [5.41, 5.74) is 0. The Hall–Kier alpha value is -0.570. The van der Waals surface area contributed by atoms with E-state index in [0.29, 0.717) is 17.9 Å². The normalized spacial score (nSPS) is 26.2. The zero-order chi connectivity index (χ0) is 11.4. The molecule has 0 bridgehead atoms. The van der Waals surface area contributed by atoms with Crippen LogP contribution < -0.4 is 5.32 Å². The quantitative estimate of drug-likeness (QED) is 0.789. The molecule has 1 aliphatic heterocycles. The van der Waals surface area contributed by atoms with E-state index in [1.54, 1.807) is 0 Å². The lowest BCUT2D eigenvalue weighted by Gasteiger charge is -2.36. The van der Waals surface area contributed by atoms with Crippen LogP contribution in [0.4, 0.5) is 0 Å². The largest absolute Gasteiger partial charge is 0.339 e. The smallest absolute Gasteiger partial charge is 0.223 e. The predicted molar refractivity (Wildman–Crippen MR) is 65.2 cm³/mol. The van der Waals surface area contributed by atoms with Crippen LogP contribution in [0.25, 0.3) is 0 Å². The van der Waals surface area contributed by atoms with Crippen LogP contribution in [0, 0.1) is 5.92 Å². The Morgan fingerprint density at radius 2 is 2.12 bits per heavy atom. The molecule has 2 aliphatic rings. The van der Waals surface area contributed by atoms with E-state index in [1.807, 2.05) is 0 Å². The van der Waals surface area contributed by atoms with Crippen molar-refractivity contribution >= 4 is 5.91 Å². The van der Waals surface area contributed by atoms with Gasteiger partial charge in [0.25, 0.3) is 0 Å². The van der Waals surface area contributed by atoms with Gasteiger partial charge in [0.2, 0.25) is 5.91 Å². The average Bonchev–Trinajstić information content (AvgIpc) is 2.26. The molecule has 1 saturated heterocycles. The predicted octanol–water partition coefficient (Wildman–Crippen LogP) is 1.78. The van der Waals surface area contributed by atoms with Crippen LogP contribution in [0.1, 0.15) is 45.4 Å². The van der Waals surface area contributed by atoms with Crippen molar-refractivity contribution in [2.45, 2.75) is 51.5 Å². The maximum Gasteiger partial charge on any atom is 0.223 e. The molecule has 0 aromatic rings. The average molecular weight is 224 g/mol. The molecular formula is C13H24N2O. The number of carbonyl (C=O) groups excluding carboxylic acids is 1. The van der Waals surface area contributed by atoms with Gasteiger partial charge in [0.05, 0.1) is 0 Å². The Kier molecular flexibility index (Phi) is 4.22. The number of hydrogen-bond acceptors (Lipinski definition) is 2. The highest BCUT2D eigenvalue weighted by atomic mass is 16.2. The highest BCUT2D eigenvalue weighted by Gasteiger charge is 2.27. The minimum absolute atomic E-state index is 0.390. The van der Waals surface area contributed by atoms with Crippen LogP contribution in [0.15, 0.2) is 0 Å². The van der Waals surface area contributed by atoms with Crippen molar-refractivity contribution < 1.29 is 4.79 Å².